The van der Waals surface area contributed by atoms with Gasteiger partial charge in [-0.25, -0.2) is 0 Å². The Labute approximate surface area is 241 Å². The Balaban J connectivity index is 1.63. The van der Waals surface area contributed by atoms with Crippen molar-refractivity contribution in [3.8, 4) is 5.75 Å². The zero-order chi connectivity index (χ0) is 27.8. The SMILES string of the molecule is Cc1cc(OCC(=O)N(Cc2ccccc2Cl)[C@@H](Cc2ccccc2)C(=O)NC2CCCCC2)cc(C)c1Cl. The van der Waals surface area contributed by atoms with Crippen molar-refractivity contribution in [3.63, 3.8) is 0 Å². The quantitative estimate of drug-likeness (QED) is 0.285. The van der Waals surface area contributed by atoms with E-state index in [-0.39, 0.29) is 31.0 Å². The van der Waals surface area contributed by atoms with Gasteiger partial charge >= 0.3 is 0 Å². The molecule has 39 heavy (non-hydrogen) atoms. The van der Waals surface area contributed by atoms with Gasteiger partial charge in [0.15, 0.2) is 6.61 Å². The van der Waals surface area contributed by atoms with E-state index < -0.39 is 6.04 Å². The summed E-state index contributed by atoms with van der Waals surface area (Å²) in [6, 6.07) is 20.2. The molecule has 1 atom stereocenters. The van der Waals surface area contributed by atoms with Crippen molar-refractivity contribution in [2.24, 2.45) is 0 Å². The molecule has 0 spiro atoms. The second kappa shape index (κ2) is 13.9. The van der Waals surface area contributed by atoms with Crippen LogP contribution >= 0.6 is 23.2 Å². The number of nitrogens with one attached hydrogen (secondary N) is 1. The number of rotatable bonds is 10. The van der Waals surface area contributed by atoms with E-state index in [0.717, 1.165) is 47.9 Å². The molecule has 0 aromatic heterocycles. The van der Waals surface area contributed by atoms with Gasteiger partial charge in [0.1, 0.15) is 11.8 Å². The maximum atomic E-state index is 13.8. The van der Waals surface area contributed by atoms with Crippen LogP contribution in [0.2, 0.25) is 10.0 Å². The Hall–Kier alpha value is -3.02. The summed E-state index contributed by atoms with van der Waals surface area (Å²) in [5, 5.41) is 4.47. The Bertz CT molecular complexity index is 1250. The molecule has 0 aliphatic heterocycles. The van der Waals surface area contributed by atoms with Crippen molar-refractivity contribution in [2.45, 2.75) is 71.0 Å². The van der Waals surface area contributed by atoms with E-state index in [0.29, 0.717) is 22.2 Å². The number of halogens is 2. The van der Waals surface area contributed by atoms with Crippen molar-refractivity contribution in [2.75, 3.05) is 6.61 Å². The summed E-state index contributed by atoms with van der Waals surface area (Å²) in [5.41, 5.74) is 3.50. The summed E-state index contributed by atoms with van der Waals surface area (Å²) in [6.07, 6.45) is 5.70. The number of nitrogens with zero attached hydrogens (tertiary/aromatic N) is 1. The molecule has 0 heterocycles. The first-order chi connectivity index (χ1) is 18.8. The van der Waals surface area contributed by atoms with Crippen LogP contribution in [0.15, 0.2) is 66.7 Å². The number of carbonyl (C=O) groups is 2. The molecule has 2 amide bonds. The topological polar surface area (TPSA) is 58.6 Å². The predicted molar refractivity (Wildman–Crippen MR) is 157 cm³/mol. The maximum absolute atomic E-state index is 13.8. The molecule has 1 N–H and O–H groups in total. The van der Waals surface area contributed by atoms with E-state index in [1.807, 2.05) is 74.5 Å². The minimum atomic E-state index is -0.726. The van der Waals surface area contributed by atoms with Gasteiger partial charge in [0.2, 0.25) is 5.91 Å². The summed E-state index contributed by atoms with van der Waals surface area (Å²) < 4.78 is 5.95. The number of aryl methyl sites for hydroxylation is 2. The van der Waals surface area contributed by atoms with Crippen LogP contribution < -0.4 is 10.1 Å². The van der Waals surface area contributed by atoms with Crippen LogP contribution in [-0.4, -0.2) is 35.4 Å². The number of hydrogen-bond donors (Lipinski definition) is 1. The summed E-state index contributed by atoms with van der Waals surface area (Å²) in [7, 11) is 0. The minimum Gasteiger partial charge on any atom is -0.484 e. The van der Waals surface area contributed by atoms with Crippen molar-refractivity contribution in [1.29, 1.82) is 0 Å². The average molecular weight is 568 g/mol. The second-order valence-electron chi connectivity index (χ2n) is 10.3. The highest BCUT2D eigenvalue weighted by molar-refractivity contribution is 6.32. The number of benzene rings is 3. The highest BCUT2D eigenvalue weighted by Crippen LogP contribution is 2.27. The van der Waals surface area contributed by atoms with Gasteiger partial charge < -0.3 is 15.0 Å². The van der Waals surface area contributed by atoms with E-state index in [4.69, 9.17) is 27.9 Å². The highest BCUT2D eigenvalue weighted by Gasteiger charge is 2.32. The van der Waals surface area contributed by atoms with Gasteiger partial charge in [-0.3, -0.25) is 9.59 Å². The van der Waals surface area contributed by atoms with Crippen molar-refractivity contribution < 1.29 is 14.3 Å². The predicted octanol–water partition coefficient (Wildman–Crippen LogP) is 7.08. The molecule has 1 saturated carbocycles. The summed E-state index contributed by atoms with van der Waals surface area (Å²) in [5.74, 6) is 0.121. The molecule has 5 nitrogen and oxygen atoms in total. The van der Waals surface area contributed by atoms with Crippen LogP contribution in [0.5, 0.6) is 5.75 Å². The largest absolute Gasteiger partial charge is 0.484 e. The Kier molecular flexibility index (Phi) is 10.3. The molecule has 4 rings (SSSR count). The van der Waals surface area contributed by atoms with E-state index in [2.05, 4.69) is 5.32 Å². The first kappa shape index (κ1) is 29.0. The first-order valence-corrected chi connectivity index (χ1v) is 14.3. The molecule has 3 aromatic rings. The summed E-state index contributed by atoms with van der Waals surface area (Å²) in [6.45, 7) is 3.78. The molecule has 0 unspecified atom stereocenters. The number of amides is 2. The number of ether oxygens (including phenoxy) is 1. The van der Waals surface area contributed by atoms with Crippen LogP contribution in [0.3, 0.4) is 0 Å². The third kappa shape index (κ3) is 8.00. The standard InChI is InChI=1S/C32H36Cl2N2O3/c1-22-17-27(18-23(2)31(22)34)39-21-30(37)36(20-25-13-9-10-16-28(25)33)29(19-24-11-5-3-6-12-24)32(38)35-26-14-7-4-8-15-26/h3,5-6,9-13,16-18,26,29H,4,7-8,14-15,19-21H2,1-2H3,(H,35,38)/t29-/m0/s1. The van der Waals surface area contributed by atoms with E-state index in [1.54, 1.807) is 11.0 Å². The van der Waals surface area contributed by atoms with Crippen LogP contribution in [0, 0.1) is 13.8 Å². The van der Waals surface area contributed by atoms with Crippen molar-refractivity contribution in [3.05, 3.63) is 99.0 Å². The fourth-order valence-electron chi connectivity index (χ4n) is 5.13. The van der Waals surface area contributed by atoms with Crippen LogP contribution in [0.1, 0.15) is 54.4 Å². The average Bonchev–Trinajstić information content (AvgIpc) is 2.94. The van der Waals surface area contributed by atoms with Crippen LogP contribution in [-0.2, 0) is 22.6 Å². The normalized spacial score (nSPS) is 14.5. The summed E-state index contributed by atoms with van der Waals surface area (Å²) >= 11 is 12.8. The molecule has 7 heteroatoms. The van der Waals surface area contributed by atoms with Gasteiger partial charge in [-0.05, 0) is 67.1 Å². The molecular formula is C32H36Cl2N2O3. The number of hydrogen-bond acceptors (Lipinski definition) is 3. The molecule has 1 fully saturated rings. The first-order valence-electron chi connectivity index (χ1n) is 13.6. The van der Waals surface area contributed by atoms with Crippen LogP contribution in [0.25, 0.3) is 0 Å². The smallest absolute Gasteiger partial charge is 0.261 e. The molecule has 1 aliphatic carbocycles. The molecule has 3 aromatic carbocycles. The number of carbonyl (C=O) groups excluding carboxylic acids is 2. The van der Waals surface area contributed by atoms with Crippen molar-refractivity contribution >= 4 is 35.0 Å². The monoisotopic (exact) mass is 566 g/mol. The molecule has 0 radical (unpaired) electrons. The van der Waals surface area contributed by atoms with Gasteiger partial charge in [-0.2, -0.15) is 0 Å². The minimum absolute atomic E-state index is 0.123. The van der Waals surface area contributed by atoms with E-state index in [9.17, 15) is 9.59 Å². The maximum Gasteiger partial charge on any atom is 0.261 e. The van der Waals surface area contributed by atoms with Crippen LogP contribution in [0.4, 0.5) is 0 Å². The van der Waals surface area contributed by atoms with Gasteiger partial charge in [0.25, 0.3) is 5.91 Å². The fourth-order valence-corrected chi connectivity index (χ4v) is 5.43. The van der Waals surface area contributed by atoms with Gasteiger partial charge in [-0.1, -0.05) is 91.0 Å². The molecule has 0 bridgehead atoms. The van der Waals surface area contributed by atoms with Gasteiger partial charge in [0.05, 0.1) is 0 Å². The third-order valence-corrected chi connectivity index (χ3v) is 8.26. The van der Waals surface area contributed by atoms with E-state index >= 15 is 0 Å². The molecule has 1 aliphatic rings. The molecule has 0 saturated heterocycles. The lowest BCUT2D eigenvalue weighted by molar-refractivity contribution is -0.143. The lowest BCUT2D eigenvalue weighted by atomic mass is 9.94. The van der Waals surface area contributed by atoms with Gasteiger partial charge in [-0.15, -0.1) is 0 Å². The van der Waals surface area contributed by atoms with E-state index in [1.165, 1.54) is 6.42 Å². The fraction of sp³-hybridized carbons (Fsp3) is 0.375. The third-order valence-electron chi connectivity index (χ3n) is 7.29. The zero-order valence-electron chi connectivity index (χ0n) is 22.6. The summed E-state index contributed by atoms with van der Waals surface area (Å²) in [4.78, 5) is 29.3. The second-order valence-corrected chi connectivity index (χ2v) is 11.1. The van der Waals surface area contributed by atoms with Crippen molar-refractivity contribution in [1.82, 2.24) is 10.2 Å². The zero-order valence-corrected chi connectivity index (χ0v) is 24.1. The lowest BCUT2D eigenvalue weighted by Gasteiger charge is -2.33. The Morgan fingerprint density at radius 1 is 0.949 bits per heavy atom. The molecule has 206 valence electrons. The lowest BCUT2D eigenvalue weighted by Crippen LogP contribution is -2.53. The Morgan fingerprint density at radius 3 is 2.26 bits per heavy atom. The van der Waals surface area contributed by atoms with Gasteiger partial charge in [0, 0.05) is 29.1 Å². The Morgan fingerprint density at radius 2 is 1.59 bits per heavy atom. The molecular weight excluding hydrogens is 531 g/mol. The highest BCUT2D eigenvalue weighted by atomic mass is 35.5.